The number of aromatic nitrogens is 1. The van der Waals surface area contributed by atoms with Gasteiger partial charge in [0.05, 0.1) is 0 Å². The highest BCUT2D eigenvalue weighted by atomic mass is 79.9. The molecule has 0 radical (unpaired) electrons. The SMILES string of the molecule is Cc1cc(Br)cnc1NS(=O)(=O)CCl. The standard InChI is InChI=1S/C7H8BrClN2O2S/c1-5-2-6(8)3-10-7(5)11-14(12,13)4-9/h2-3H,4H2,1H3,(H,10,11). The van der Waals surface area contributed by atoms with Gasteiger partial charge in [-0.05, 0) is 34.5 Å². The molecule has 1 aromatic rings. The van der Waals surface area contributed by atoms with Crippen LogP contribution < -0.4 is 4.72 Å². The number of anilines is 1. The molecule has 0 unspecified atom stereocenters. The lowest BCUT2D eigenvalue weighted by atomic mass is 10.3. The molecular formula is C7H8BrClN2O2S. The first-order valence-corrected chi connectivity index (χ1v) is 6.61. The molecule has 0 spiro atoms. The molecule has 0 saturated carbocycles. The summed E-state index contributed by atoms with van der Waals surface area (Å²) < 4.78 is 25.3. The van der Waals surface area contributed by atoms with Crippen LogP contribution in [0, 0.1) is 6.92 Å². The molecule has 0 bridgehead atoms. The number of alkyl halides is 1. The fourth-order valence-corrected chi connectivity index (χ4v) is 1.99. The van der Waals surface area contributed by atoms with Gasteiger partial charge in [0.1, 0.15) is 11.0 Å². The van der Waals surface area contributed by atoms with Gasteiger partial charge in [-0.15, -0.1) is 11.6 Å². The molecule has 0 saturated heterocycles. The second-order valence-corrected chi connectivity index (χ2v) is 5.87. The fraction of sp³-hybridized carbons (Fsp3) is 0.286. The van der Waals surface area contributed by atoms with Crippen molar-refractivity contribution >= 4 is 43.4 Å². The molecule has 1 N–H and O–H groups in total. The number of hydrogen-bond acceptors (Lipinski definition) is 3. The van der Waals surface area contributed by atoms with Gasteiger partial charge in [-0.25, -0.2) is 13.4 Å². The Kier molecular flexibility index (Phi) is 3.74. The molecule has 0 aromatic carbocycles. The van der Waals surface area contributed by atoms with E-state index in [1.54, 1.807) is 13.0 Å². The second kappa shape index (κ2) is 4.46. The van der Waals surface area contributed by atoms with Crippen LogP contribution in [0.5, 0.6) is 0 Å². The van der Waals surface area contributed by atoms with Crippen molar-refractivity contribution in [2.45, 2.75) is 6.92 Å². The number of halogens is 2. The number of nitrogens with zero attached hydrogens (tertiary/aromatic N) is 1. The van der Waals surface area contributed by atoms with Gasteiger partial charge in [0.2, 0.25) is 10.0 Å². The van der Waals surface area contributed by atoms with Gasteiger partial charge in [0, 0.05) is 10.7 Å². The zero-order valence-electron chi connectivity index (χ0n) is 7.29. The predicted molar refractivity (Wildman–Crippen MR) is 59.9 cm³/mol. The number of pyridine rings is 1. The van der Waals surface area contributed by atoms with E-state index in [9.17, 15) is 8.42 Å². The van der Waals surface area contributed by atoms with Crippen molar-refractivity contribution in [3.8, 4) is 0 Å². The lowest BCUT2D eigenvalue weighted by molar-refractivity contribution is 0.605. The monoisotopic (exact) mass is 298 g/mol. The van der Waals surface area contributed by atoms with Crippen LogP contribution in [0.15, 0.2) is 16.7 Å². The Morgan fingerprint density at radius 3 is 2.79 bits per heavy atom. The quantitative estimate of drug-likeness (QED) is 0.870. The third-order valence-electron chi connectivity index (χ3n) is 1.44. The van der Waals surface area contributed by atoms with Crippen molar-refractivity contribution < 1.29 is 8.42 Å². The van der Waals surface area contributed by atoms with Gasteiger partial charge in [-0.3, -0.25) is 4.72 Å². The number of nitrogens with one attached hydrogen (secondary N) is 1. The minimum absolute atomic E-state index is 0.300. The topological polar surface area (TPSA) is 59.1 Å². The summed E-state index contributed by atoms with van der Waals surface area (Å²) in [5.41, 5.74) is 0.730. The van der Waals surface area contributed by atoms with Gasteiger partial charge < -0.3 is 0 Å². The van der Waals surface area contributed by atoms with Crippen LogP contribution in [0.4, 0.5) is 5.82 Å². The number of hydrogen-bond donors (Lipinski definition) is 1. The summed E-state index contributed by atoms with van der Waals surface area (Å²) in [7, 11) is -3.47. The van der Waals surface area contributed by atoms with E-state index in [1.165, 1.54) is 6.20 Å². The smallest absolute Gasteiger partial charge is 0.247 e. The molecule has 0 aliphatic rings. The third kappa shape index (κ3) is 3.11. The van der Waals surface area contributed by atoms with Crippen molar-refractivity contribution in [2.24, 2.45) is 0 Å². The Morgan fingerprint density at radius 2 is 2.29 bits per heavy atom. The molecule has 7 heteroatoms. The molecule has 14 heavy (non-hydrogen) atoms. The number of rotatable bonds is 3. The molecule has 0 amide bonds. The molecule has 0 aliphatic heterocycles. The first-order valence-electron chi connectivity index (χ1n) is 3.63. The third-order valence-corrected chi connectivity index (χ3v) is 3.53. The van der Waals surface area contributed by atoms with Crippen LogP contribution in [0.1, 0.15) is 5.56 Å². The first kappa shape index (κ1) is 11.7. The van der Waals surface area contributed by atoms with Crippen LogP contribution in [0.3, 0.4) is 0 Å². The van der Waals surface area contributed by atoms with E-state index in [2.05, 4.69) is 25.6 Å². The van der Waals surface area contributed by atoms with Gasteiger partial charge in [0.25, 0.3) is 0 Å². The van der Waals surface area contributed by atoms with Gasteiger partial charge in [-0.1, -0.05) is 0 Å². The average molecular weight is 300 g/mol. The van der Waals surface area contributed by atoms with Gasteiger partial charge in [-0.2, -0.15) is 0 Å². The normalized spacial score (nSPS) is 11.4. The Hall–Kier alpha value is -0.330. The maximum atomic E-state index is 11.1. The van der Waals surface area contributed by atoms with Crippen LogP contribution in [-0.2, 0) is 10.0 Å². The van der Waals surface area contributed by atoms with E-state index in [1.807, 2.05) is 0 Å². The van der Waals surface area contributed by atoms with Crippen LogP contribution in [0.2, 0.25) is 0 Å². The van der Waals surface area contributed by atoms with Crippen molar-refractivity contribution in [1.29, 1.82) is 0 Å². The van der Waals surface area contributed by atoms with Gasteiger partial charge in [0.15, 0.2) is 0 Å². The maximum Gasteiger partial charge on any atom is 0.247 e. The summed E-state index contributed by atoms with van der Waals surface area (Å²) in [6, 6.07) is 1.76. The van der Waals surface area contributed by atoms with Crippen LogP contribution in [-0.4, -0.2) is 18.6 Å². The van der Waals surface area contributed by atoms with Crippen molar-refractivity contribution in [3.05, 3.63) is 22.3 Å². The fourth-order valence-electron chi connectivity index (χ4n) is 0.822. The van der Waals surface area contributed by atoms with Crippen molar-refractivity contribution in [1.82, 2.24) is 4.98 Å². The molecule has 0 aliphatic carbocycles. The summed E-state index contributed by atoms with van der Waals surface area (Å²) in [4.78, 5) is 3.92. The largest absolute Gasteiger partial charge is 0.266 e. The first-order chi connectivity index (χ1) is 6.44. The van der Waals surface area contributed by atoms with Crippen molar-refractivity contribution in [2.75, 3.05) is 9.93 Å². The van der Waals surface area contributed by atoms with E-state index in [0.29, 0.717) is 5.82 Å². The second-order valence-electron chi connectivity index (χ2n) is 2.64. The summed E-state index contributed by atoms with van der Waals surface area (Å²) in [5.74, 6) is 0.300. The Balaban J connectivity index is 2.99. The van der Waals surface area contributed by atoms with E-state index < -0.39 is 15.2 Å². The Labute approximate surface area is 95.9 Å². The summed E-state index contributed by atoms with van der Waals surface area (Å²) in [6.07, 6.45) is 1.51. The van der Waals surface area contributed by atoms with E-state index in [0.717, 1.165) is 10.0 Å². The van der Waals surface area contributed by atoms with Gasteiger partial charge >= 0.3 is 0 Å². The highest BCUT2D eigenvalue weighted by Crippen LogP contribution is 2.17. The molecule has 1 rings (SSSR count). The molecule has 1 aromatic heterocycles. The van der Waals surface area contributed by atoms with E-state index in [4.69, 9.17) is 11.6 Å². The number of sulfonamides is 1. The highest BCUT2D eigenvalue weighted by Gasteiger charge is 2.10. The van der Waals surface area contributed by atoms with E-state index in [-0.39, 0.29) is 0 Å². The number of aryl methyl sites for hydroxylation is 1. The maximum absolute atomic E-state index is 11.1. The summed E-state index contributed by atoms with van der Waals surface area (Å²) in [5, 5.41) is -0.482. The zero-order valence-corrected chi connectivity index (χ0v) is 10.4. The van der Waals surface area contributed by atoms with Crippen LogP contribution >= 0.6 is 27.5 Å². The lowest BCUT2D eigenvalue weighted by Gasteiger charge is -2.06. The molecule has 78 valence electrons. The molecule has 1 heterocycles. The molecule has 4 nitrogen and oxygen atoms in total. The van der Waals surface area contributed by atoms with E-state index >= 15 is 0 Å². The summed E-state index contributed by atoms with van der Waals surface area (Å²) in [6.45, 7) is 1.75. The highest BCUT2D eigenvalue weighted by molar-refractivity contribution is 9.10. The molecule has 0 atom stereocenters. The summed E-state index contributed by atoms with van der Waals surface area (Å²) >= 11 is 8.47. The van der Waals surface area contributed by atoms with Crippen LogP contribution in [0.25, 0.3) is 0 Å². The zero-order chi connectivity index (χ0) is 10.8. The molecule has 0 fully saturated rings. The Bertz CT molecular complexity index is 435. The average Bonchev–Trinajstić information content (AvgIpc) is 2.10. The van der Waals surface area contributed by atoms with Crippen molar-refractivity contribution in [3.63, 3.8) is 0 Å². The lowest BCUT2D eigenvalue weighted by Crippen LogP contribution is -2.15. The minimum atomic E-state index is -3.47. The Morgan fingerprint density at radius 1 is 1.64 bits per heavy atom. The minimum Gasteiger partial charge on any atom is -0.266 e. The predicted octanol–water partition coefficient (Wildman–Crippen LogP) is 2.09. The molecular weight excluding hydrogens is 292 g/mol.